The maximum absolute atomic E-state index is 13.5. The van der Waals surface area contributed by atoms with Gasteiger partial charge >= 0.3 is 6.09 Å². The van der Waals surface area contributed by atoms with E-state index < -0.39 is 23.1 Å². The van der Waals surface area contributed by atoms with E-state index in [1.54, 1.807) is 46.8 Å². The van der Waals surface area contributed by atoms with Crippen LogP contribution in [0.15, 0.2) is 28.8 Å². The molecule has 2 rings (SSSR count). The Kier molecular flexibility index (Phi) is 5.30. The summed E-state index contributed by atoms with van der Waals surface area (Å²) in [5.74, 6) is 0.0327. The van der Waals surface area contributed by atoms with Crippen molar-refractivity contribution in [3.63, 3.8) is 0 Å². The predicted octanol–water partition coefficient (Wildman–Crippen LogP) is 3.55. The van der Waals surface area contributed by atoms with E-state index in [1.165, 1.54) is 12.1 Å². The third-order valence-electron chi connectivity index (χ3n) is 3.03. The second-order valence-electron chi connectivity index (χ2n) is 6.98. The van der Waals surface area contributed by atoms with Crippen molar-refractivity contribution in [3.8, 4) is 5.75 Å². The highest BCUT2D eigenvalue weighted by Gasteiger charge is 2.31. The van der Waals surface area contributed by atoms with Crippen LogP contribution in [-0.2, 0) is 16.9 Å². The van der Waals surface area contributed by atoms with E-state index in [0.29, 0.717) is 0 Å². The first-order chi connectivity index (χ1) is 11.6. The second-order valence-corrected chi connectivity index (χ2v) is 6.98. The molecule has 7 nitrogen and oxygen atoms in total. The van der Waals surface area contributed by atoms with Gasteiger partial charge < -0.3 is 19.3 Å². The molecule has 0 saturated heterocycles. The van der Waals surface area contributed by atoms with Crippen molar-refractivity contribution in [3.05, 3.63) is 41.8 Å². The molecule has 0 saturated carbocycles. The highest BCUT2D eigenvalue weighted by molar-refractivity contribution is 5.68. The highest BCUT2D eigenvalue weighted by Crippen LogP contribution is 2.20. The Balaban J connectivity index is 1.99. The Hall–Kier alpha value is -2.64. The topological polar surface area (TPSA) is 86.5 Å². The number of amides is 1. The lowest BCUT2D eigenvalue weighted by Gasteiger charge is -2.26. The molecule has 2 aromatic rings. The lowest BCUT2D eigenvalue weighted by Crippen LogP contribution is -2.44. The quantitative estimate of drug-likeness (QED) is 0.886. The molecule has 1 amide bonds. The van der Waals surface area contributed by atoms with Crippen LogP contribution in [-0.4, -0.2) is 21.8 Å². The van der Waals surface area contributed by atoms with Crippen LogP contribution in [0, 0.1) is 5.82 Å². The number of carbonyl (C=O) groups excluding carboxylic acids is 1. The molecule has 8 heteroatoms. The summed E-state index contributed by atoms with van der Waals surface area (Å²) >= 11 is 0. The third-order valence-corrected chi connectivity index (χ3v) is 3.03. The second kappa shape index (κ2) is 7.08. The fourth-order valence-corrected chi connectivity index (χ4v) is 1.88. The molecule has 0 aliphatic heterocycles. The number of nitrogens with zero attached hydrogens (tertiary/aromatic N) is 2. The van der Waals surface area contributed by atoms with Gasteiger partial charge in [-0.05, 0) is 46.8 Å². The molecular formula is C17H22FN3O4. The van der Waals surface area contributed by atoms with Gasteiger partial charge in [0.1, 0.15) is 11.1 Å². The van der Waals surface area contributed by atoms with Crippen LogP contribution in [0.4, 0.5) is 9.18 Å². The molecule has 1 aromatic carbocycles. The van der Waals surface area contributed by atoms with E-state index in [0.717, 1.165) is 0 Å². The number of hydrogen-bond acceptors (Lipinski definition) is 6. The number of ether oxygens (including phenoxy) is 2. The number of hydrogen-bond donors (Lipinski definition) is 1. The molecule has 0 fully saturated rings. The van der Waals surface area contributed by atoms with E-state index >= 15 is 0 Å². The molecule has 0 atom stereocenters. The van der Waals surface area contributed by atoms with Gasteiger partial charge in [-0.2, -0.15) is 4.98 Å². The molecule has 0 spiro atoms. The van der Waals surface area contributed by atoms with Crippen molar-refractivity contribution in [2.24, 2.45) is 0 Å². The van der Waals surface area contributed by atoms with Gasteiger partial charge in [-0.1, -0.05) is 17.3 Å². The van der Waals surface area contributed by atoms with Crippen molar-refractivity contribution in [2.45, 2.75) is 52.4 Å². The van der Waals surface area contributed by atoms with Crippen molar-refractivity contribution < 1.29 is 23.2 Å². The summed E-state index contributed by atoms with van der Waals surface area (Å²) in [6.45, 7) is 8.65. The van der Waals surface area contributed by atoms with Gasteiger partial charge in [0.05, 0.1) is 0 Å². The van der Waals surface area contributed by atoms with Crippen LogP contribution in [0.2, 0.25) is 0 Å². The van der Waals surface area contributed by atoms with Gasteiger partial charge in [0.25, 0.3) is 5.89 Å². The predicted molar refractivity (Wildman–Crippen MR) is 87.4 cm³/mol. The van der Waals surface area contributed by atoms with Crippen LogP contribution < -0.4 is 10.1 Å². The molecule has 0 unspecified atom stereocenters. The molecule has 1 N–H and O–H groups in total. The van der Waals surface area contributed by atoms with Crippen molar-refractivity contribution in [1.29, 1.82) is 0 Å². The normalized spacial score (nSPS) is 11.9. The number of halogens is 1. The number of alkyl carbamates (subject to hydrolysis) is 1. The summed E-state index contributed by atoms with van der Waals surface area (Å²) in [4.78, 5) is 16.1. The van der Waals surface area contributed by atoms with Crippen molar-refractivity contribution in [2.75, 3.05) is 0 Å². The standard InChI is InChI=1S/C17H22FN3O4/c1-16(2,3)24-15(22)20-17(4,5)14-19-13(25-21-14)10-23-12-9-7-6-8-11(12)18/h6-9H,10H2,1-5H3,(H,20,22). The van der Waals surface area contributed by atoms with Crippen molar-refractivity contribution in [1.82, 2.24) is 15.5 Å². The lowest BCUT2D eigenvalue weighted by molar-refractivity contribution is 0.0465. The largest absolute Gasteiger partial charge is 0.481 e. The molecule has 0 bridgehead atoms. The Morgan fingerprint density at radius 2 is 1.92 bits per heavy atom. The summed E-state index contributed by atoms with van der Waals surface area (Å²) in [7, 11) is 0. The number of rotatable bonds is 5. The summed E-state index contributed by atoms with van der Waals surface area (Å²) in [6.07, 6.45) is -0.591. The zero-order valence-corrected chi connectivity index (χ0v) is 14.9. The number of carbonyl (C=O) groups is 1. The first-order valence-electron chi connectivity index (χ1n) is 7.78. The fraction of sp³-hybridized carbons (Fsp3) is 0.471. The SMILES string of the molecule is CC(C)(C)OC(=O)NC(C)(C)c1noc(COc2ccccc2F)n1. The molecule has 0 radical (unpaired) electrons. The Morgan fingerprint density at radius 1 is 1.24 bits per heavy atom. The summed E-state index contributed by atoms with van der Waals surface area (Å²) in [5.41, 5.74) is -1.53. The number of nitrogens with one attached hydrogen (secondary N) is 1. The van der Waals surface area contributed by atoms with Gasteiger partial charge in [-0.25, -0.2) is 9.18 Å². The van der Waals surface area contributed by atoms with E-state index in [9.17, 15) is 9.18 Å². The van der Waals surface area contributed by atoms with Gasteiger partial charge in [0, 0.05) is 0 Å². The zero-order valence-electron chi connectivity index (χ0n) is 14.9. The molecule has 1 aromatic heterocycles. The van der Waals surface area contributed by atoms with E-state index in [4.69, 9.17) is 14.0 Å². The van der Waals surface area contributed by atoms with Crippen LogP contribution in [0.5, 0.6) is 5.75 Å². The molecule has 0 aliphatic carbocycles. The Morgan fingerprint density at radius 3 is 2.56 bits per heavy atom. The minimum atomic E-state index is -0.915. The molecule has 136 valence electrons. The smallest absolute Gasteiger partial charge is 0.408 e. The van der Waals surface area contributed by atoms with E-state index in [-0.39, 0.29) is 24.1 Å². The van der Waals surface area contributed by atoms with Crippen LogP contribution in [0.1, 0.15) is 46.3 Å². The fourth-order valence-electron chi connectivity index (χ4n) is 1.88. The van der Waals surface area contributed by atoms with Gasteiger partial charge in [-0.3, -0.25) is 0 Å². The third kappa shape index (κ3) is 5.44. The minimum absolute atomic E-state index is 0.0869. The number of benzene rings is 1. The van der Waals surface area contributed by atoms with Gasteiger partial charge in [0.2, 0.25) is 0 Å². The first-order valence-corrected chi connectivity index (χ1v) is 7.78. The maximum atomic E-state index is 13.5. The Labute approximate surface area is 145 Å². The Bertz CT molecular complexity index is 737. The van der Waals surface area contributed by atoms with Gasteiger partial charge in [0.15, 0.2) is 24.0 Å². The average Bonchev–Trinajstić information content (AvgIpc) is 2.93. The minimum Gasteiger partial charge on any atom is -0.481 e. The number of aromatic nitrogens is 2. The molecule has 0 aliphatic rings. The van der Waals surface area contributed by atoms with E-state index in [1.807, 2.05) is 0 Å². The van der Waals surface area contributed by atoms with Crippen LogP contribution >= 0.6 is 0 Å². The first kappa shape index (κ1) is 18.7. The lowest BCUT2D eigenvalue weighted by atomic mass is 10.1. The van der Waals surface area contributed by atoms with Crippen LogP contribution in [0.3, 0.4) is 0 Å². The van der Waals surface area contributed by atoms with Gasteiger partial charge in [-0.15, -0.1) is 0 Å². The molecule has 1 heterocycles. The number of para-hydroxylation sites is 1. The summed E-state index contributed by atoms with van der Waals surface area (Å²) in [5, 5.41) is 6.52. The van der Waals surface area contributed by atoms with Crippen molar-refractivity contribution >= 4 is 6.09 Å². The molecule has 25 heavy (non-hydrogen) atoms. The zero-order chi connectivity index (χ0) is 18.7. The van der Waals surface area contributed by atoms with E-state index in [2.05, 4.69) is 15.5 Å². The van der Waals surface area contributed by atoms with Crippen LogP contribution in [0.25, 0.3) is 0 Å². The average molecular weight is 351 g/mol. The summed E-state index contributed by atoms with van der Waals surface area (Å²) in [6, 6.07) is 6.02. The highest BCUT2D eigenvalue weighted by atomic mass is 19.1. The maximum Gasteiger partial charge on any atom is 0.408 e. The monoisotopic (exact) mass is 351 g/mol. The molecular weight excluding hydrogens is 329 g/mol. The summed E-state index contributed by atoms with van der Waals surface area (Å²) < 4.78 is 29.1.